The SMILES string of the molecule is CI.CN(C)CCC[N+]1(C)CC2CCC(C)(C1)C2(C)C.[I-]. The van der Waals surface area contributed by atoms with Crippen molar-refractivity contribution < 1.29 is 28.5 Å². The van der Waals surface area contributed by atoms with E-state index in [9.17, 15) is 0 Å². The molecular formula is C17H36I2N2. The fourth-order valence-corrected chi connectivity index (χ4v) is 4.65. The summed E-state index contributed by atoms with van der Waals surface area (Å²) in [7, 11) is 6.87. The molecule has 4 heteroatoms. The Bertz CT molecular complexity index is 320. The molecule has 2 rings (SSSR count). The monoisotopic (exact) mass is 522 g/mol. The quantitative estimate of drug-likeness (QED) is 0.302. The van der Waals surface area contributed by atoms with Gasteiger partial charge in [0.05, 0.1) is 26.7 Å². The Labute approximate surface area is 164 Å². The Hall–Kier alpha value is 1.38. The first-order valence-corrected chi connectivity index (χ1v) is 10.2. The molecule has 21 heavy (non-hydrogen) atoms. The lowest BCUT2D eigenvalue weighted by molar-refractivity contribution is -0.926. The molecule has 0 N–H and O–H groups in total. The van der Waals surface area contributed by atoms with Crippen LogP contribution in [0, 0.1) is 16.7 Å². The van der Waals surface area contributed by atoms with Gasteiger partial charge in [0.15, 0.2) is 0 Å². The Morgan fingerprint density at radius 1 is 1.19 bits per heavy atom. The largest absolute Gasteiger partial charge is 1.00 e. The van der Waals surface area contributed by atoms with Crippen LogP contribution in [0.5, 0.6) is 0 Å². The van der Waals surface area contributed by atoms with Crippen molar-refractivity contribution in [3.63, 3.8) is 0 Å². The van der Waals surface area contributed by atoms with Gasteiger partial charge in [-0.3, -0.25) is 0 Å². The van der Waals surface area contributed by atoms with E-state index in [1.807, 2.05) is 4.93 Å². The molecule has 1 saturated carbocycles. The Kier molecular flexibility index (Phi) is 9.03. The molecule has 3 atom stereocenters. The fraction of sp³-hybridized carbons (Fsp3) is 1.00. The summed E-state index contributed by atoms with van der Waals surface area (Å²) in [6.45, 7) is 13.0. The van der Waals surface area contributed by atoms with Crippen LogP contribution in [0.1, 0.15) is 40.0 Å². The summed E-state index contributed by atoms with van der Waals surface area (Å²) in [4.78, 5) is 4.29. The number of quaternary nitrogens is 1. The van der Waals surface area contributed by atoms with Gasteiger partial charge in [-0.2, -0.15) is 0 Å². The van der Waals surface area contributed by atoms with Crippen molar-refractivity contribution in [1.29, 1.82) is 0 Å². The molecule has 1 aliphatic heterocycles. The highest BCUT2D eigenvalue weighted by Crippen LogP contribution is 2.60. The number of rotatable bonds is 4. The second-order valence-corrected chi connectivity index (χ2v) is 8.36. The van der Waals surface area contributed by atoms with Crippen LogP contribution in [0.4, 0.5) is 0 Å². The van der Waals surface area contributed by atoms with Crippen LogP contribution in [-0.2, 0) is 0 Å². The van der Waals surface area contributed by atoms with E-state index < -0.39 is 0 Å². The summed E-state index contributed by atoms with van der Waals surface area (Å²) in [5.41, 5.74) is 1.13. The molecule has 0 aromatic heterocycles. The number of hydrogen-bond acceptors (Lipinski definition) is 1. The molecular weight excluding hydrogens is 486 g/mol. The third-order valence-electron chi connectivity index (χ3n) is 6.32. The molecule has 2 nitrogen and oxygen atoms in total. The van der Waals surface area contributed by atoms with Crippen LogP contribution in [0.15, 0.2) is 0 Å². The second kappa shape index (κ2) is 8.47. The maximum atomic E-state index is 2.55. The molecule has 3 unspecified atom stereocenters. The summed E-state index contributed by atoms with van der Waals surface area (Å²) in [5, 5.41) is 0. The van der Waals surface area contributed by atoms with Crippen molar-refractivity contribution in [1.82, 2.24) is 4.90 Å². The highest BCUT2D eigenvalue weighted by Gasteiger charge is 2.59. The predicted molar refractivity (Wildman–Crippen MR) is 98.5 cm³/mol. The maximum absolute atomic E-state index is 2.55. The standard InChI is InChI=1S/C16H33N2.CH3I.HI/c1-15(2)14-8-9-16(15,3)13-18(6,12-14)11-7-10-17(4)5;1-2;/h14H,7-13H2,1-6H3;1H3;1H/q+1;;/p-1. The molecule has 0 radical (unpaired) electrons. The molecule has 1 heterocycles. The van der Waals surface area contributed by atoms with E-state index >= 15 is 0 Å². The molecule has 0 spiro atoms. The summed E-state index contributed by atoms with van der Waals surface area (Å²) in [5.74, 6) is 0.945. The average molecular weight is 522 g/mol. The van der Waals surface area contributed by atoms with Gasteiger partial charge in [-0.15, -0.1) is 0 Å². The van der Waals surface area contributed by atoms with Crippen molar-refractivity contribution in [3.05, 3.63) is 0 Å². The van der Waals surface area contributed by atoms with Crippen LogP contribution in [0.25, 0.3) is 0 Å². The van der Waals surface area contributed by atoms with Gasteiger partial charge in [-0.1, -0.05) is 43.4 Å². The van der Waals surface area contributed by atoms with E-state index in [1.54, 1.807) is 0 Å². The van der Waals surface area contributed by atoms with Gasteiger partial charge in [-0.25, -0.2) is 0 Å². The number of alkyl halides is 1. The smallest absolute Gasteiger partial charge is 0.0844 e. The summed E-state index contributed by atoms with van der Waals surface area (Å²) in [6, 6.07) is 0. The van der Waals surface area contributed by atoms with Crippen LogP contribution in [0.3, 0.4) is 0 Å². The van der Waals surface area contributed by atoms with Gasteiger partial charge in [0.25, 0.3) is 0 Å². The highest BCUT2D eigenvalue weighted by atomic mass is 127. The van der Waals surface area contributed by atoms with Crippen molar-refractivity contribution >= 4 is 22.6 Å². The van der Waals surface area contributed by atoms with E-state index in [4.69, 9.17) is 0 Å². The van der Waals surface area contributed by atoms with Crippen molar-refractivity contribution in [3.8, 4) is 0 Å². The zero-order chi connectivity index (χ0) is 15.6. The first-order chi connectivity index (χ1) is 9.19. The maximum Gasteiger partial charge on any atom is 0.0844 e. The van der Waals surface area contributed by atoms with Gasteiger partial charge < -0.3 is 33.4 Å². The molecule has 128 valence electrons. The molecule has 2 fully saturated rings. The van der Waals surface area contributed by atoms with Crippen molar-refractivity contribution in [2.45, 2.75) is 40.0 Å². The van der Waals surface area contributed by atoms with Gasteiger partial charge in [0, 0.05) is 24.3 Å². The average Bonchev–Trinajstić information content (AvgIpc) is 2.50. The predicted octanol–water partition coefficient (Wildman–Crippen LogP) is 0.896. The third-order valence-corrected chi connectivity index (χ3v) is 6.32. The molecule has 2 aliphatic rings. The number of fused-ring (bicyclic) bond motifs is 2. The van der Waals surface area contributed by atoms with Crippen LogP contribution >= 0.6 is 22.6 Å². The van der Waals surface area contributed by atoms with E-state index in [0.717, 1.165) is 5.92 Å². The summed E-state index contributed by atoms with van der Waals surface area (Å²) in [6.07, 6.45) is 4.25. The molecule has 2 bridgehead atoms. The number of likely N-dealkylation sites (tertiary alicyclic amines) is 1. The summed E-state index contributed by atoms with van der Waals surface area (Å²) < 4.78 is 1.32. The van der Waals surface area contributed by atoms with Crippen molar-refractivity contribution in [2.75, 3.05) is 52.3 Å². The van der Waals surface area contributed by atoms with E-state index in [-0.39, 0.29) is 24.0 Å². The Balaban J connectivity index is 0.00000128. The van der Waals surface area contributed by atoms with Crippen LogP contribution < -0.4 is 24.0 Å². The second-order valence-electron chi connectivity index (χ2n) is 8.36. The van der Waals surface area contributed by atoms with Gasteiger partial charge >= 0.3 is 0 Å². The fourth-order valence-electron chi connectivity index (χ4n) is 4.65. The zero-order valence-corrected chi connectivity index (χ0v) is 19.5. The summed E-state index contributed by atoms with van der Waals surface area (Å²) >= 11 is 2.15. The minimum atomic E-state index is 0. The minimum absolute atomic E-state index is 0. The lowest BCUT2D eigenvalue weighted by Gasteiger charge is -2.54. The van der Waals surface area contributed by atoms with Crippen molar-refractivity contribution in [2.24, 2.45) is 16.7 Å². The number of piperidine rings is 1. The highest BCUT2D eigenvalue weighted by molar-refractivity contribution is 14.1. The van der Waals surface area contributed by atoms with Gasteiger partial charge in [0.1, 0.15) is 0 Å². The minimum Gasteiger partial charge on any atom is -1.00 e. The van der Waals surface area contributed by atoms with Gasteiger partial charge in [0.2, 0.25) is 0 Å². The van der Waals surface area contributed by atoms with E-state index in [1.165, 1.54) is 49.9 Å². The zero-order valence-electron chi connectivity index (χ0n) is 15.2. The first kappa shape index (κ1) is 22.4. The topological polar surface area (TPSA) is 3.24 Å². The van der Waals surface area contributed by atoms with Gasteiger partial charge in [-0.05, 0) is 37.3 Å². The molecule has 0 amide bonds. The van der Waals surface area contributed by atoms with Crippen LogP contribution in [-0.4, -0.2) is 61.6 Å². The van der Waals surface area contributed by atoms with Crippen LogP contribution in [0.2, 0.25) is 0 Å². The number of nitrogens with zero attached hydrogens (tertiary/aromatic N) is 2. The molecule has 1 aliphatic carbocycles. The molecule has 0 aromatic rings. The third kappa shape index (κ3) is 4.92. The molecule has 1 saturated heterocycles. The first-order valence-electron chi connectivity index (χ1n) is 8.05. The lowest BCUT2D eigenvalue weighted by Crippen LogP contribution is -3.00. The normalized spacial score (nSPS) is 36.7. The van der Waals surface area contributed by atoms with E-state index in [2.05, 4.69) is 69.4 Å². The van der Waals surface area contributed by atoms with E-state index in [0.29, 0.717) is 10.8 Å². The Morgan fingerprint density at radius 3 is 2.24 bits per heavy atom. The number of halogens is 2. The Morgan fingerprint density at radius 2 is 1.76 bits per heavy atom. The number of hydrogen-bond donors (Lipinski definition) is 0. The lowest BCUT2D eigenvalue weighted by atomic mass is 9.62. The molecule has 0 aromatic carbocycles.